The Morgan fingerprint density at radius 3 is 1.63 bits per heavy atom. The summed E-state index contributed by atoms with van der Waals surface area (Å²) in [6.07, 6.45) is 3.49. The summed E-state index contributed by atoms with van der Waals surface area (Å²) >= 11 is 0. The minimum atomic E-state index is -4.94. The first-order chi connectivity index (χ1) is 16.8. The first-order valence-electron chi connectivity index (χ1n) is 11.3. The average Bonchev–Trinajstić information content (AvgIpc) is 2.87. The Labute approximate surface area is 207 Å². The van der Waals surface area contributed by atoms with Crippen molar-refractivity contribution in [2.24, 2.45) is 0 Å². The molecular weight excluding hydrogens is 468 g/mol. The Morgan fingerprint density at radius 2 is 1.11 bits per heavy atom. The number of ether oxygens (including phenoxy) is 1. The fourth-order valence-electron chi connectivity index (χ4n) is 3.44. The number of unbranched alkanes of at least 4 members (excludes halogenated alkanes) is 2. The van der Waals surface area contributed by atoms with Crippen LogP contribution in [0.2, 0.25) is 0 Å². The summed E-state index contributed by atoms with van der Waals surface area (Å²) in [6.45, 7) is 2.96. The van der Waals surface area contributed by atoms with Gasteiger partial charge in [0.2, 0.25) is 0 Å². The average molecular weight is 495 g/mol. The number of halogens is 1. The van der Waals surface area contributed by atoms with Gasteiger partial charge in [-0.25, -0.2) is 23.1 Å². The van der Waals surface area contributed by atoms with E-state index in [2.05, 4.69) is 67.6 Å². The van der Waals surface area contributed by atoms with Crippen molar-refractivity contribution in [1.82, 2.24) is 0 Å². The van der Waals surface area contributed by atoms with Crippen molar-refractivity contribution in [3.8, 4) is 39.5 Å². The molecule has 35 heavy (non-hydrogen) atoms. The zero-order valence-electron chi connectivity index (χ0n) is 19.4. The molecule has 0 bridgehead atoms. The first kappa shape index (κ1) is 26.3. The van der Waals surface area contributed by atoms with Crippen LogP contribution in [-0.2, 0) is 0 Å². The van der Waals surface area contributed by atoms with Crippen LogP contribution in [0, 0.1) is 10.2 Å². The lowest BCUT2D eigenvalue weighted by atomic mass is 10.0. The van der Waals surface area contributed by atoms with Crippen molar-refractivity contribution in [2.75, 3.05) is 6.61 Å². The Balaban J connectivity index is 0.000000623. The maximum absolute atomic E-state index is 8.49. The van der Waals surface area contributed by atoms with Gasteiger partial charge >= 0.3 is 11.5 Å². The van der Waals surface area contributed by atoms with E-state index in [0.29, 0.717) is 0 Å². The minimum Gasteiger partial charge on any atom is -0.494 e. The molecule has 0 aliphatic carbocycles. The third-order valence-electron chi connectivity index (χ3n) is 5.11. The molecule has 0 fully saturated rings. The molecule has 0 spiro atoms. The van der Waals surface area contributed by atoms with Gasteiger partial charge in [0.1, 0.15) is 5.75 Å². The van der Waals surface area contributed by atoms with E-state index >= 15 is 0 Å². The standard InChI is InChI=1S/C28H27O2.ClHO4/c1-2-3-10-19-29-26-17-15-24(16-18-26)28-21-25(22-11-6-4-7-12-22)20-27(30-28)23-13-8-5-9-14-23;2-1(3,4)5/h4-9,11-18,20-21H,2-3,10,19H2,1H3;(H,2,3,4,5)/q+1;/p-1. The van der Waals surface area contributed by atoms with E-state index in [0.717, 1.165) is 47.0 Å². The second-order valence-electron chi connectivity index (χ2n) is 7.76. The van der Waals surface area contributed by atoms with Gasteiger partial charge in [0.25, 0.3) is 0 Å². The molecule has 182 valence electrons. The third kappa shape index (κ3) is 9.13. The fourth-order valence-corrected chi connectivity index (χ4v) is 3.44. The van der Waals surface area contributed by atoms with Gasteiger partial charge in [0.05, 0.1) is 29.9 Å². The lowest BCUT2D eigenvalue weighted by molar-refractivity contribution is -2.00. The molecule has 4 aromatic rings. The van der Waals surface area contributed by atoms with E-state index < -0.39 is 10.2 Å². The molecule has 0 saturated carbocycles. The molecule has 0 aliphatic rings. The van der Waals surface area contributed by atoms with Crippen molar-refractivity contribution < 1.29 is 38.0 Å². The van der Waals surface area contributed by atoms with Crippen molar-refractivity contribution >= 4 is 0 Å². The van der Waals surface area contributed by atoms with Gasteiger partial charge in [0.15, 0.2) is 0 Å². The molecule has 1 heterocycles. The second-order valence-corrected chi connectivity index (χ2v) is 8.52. The smallest absolute Gasteiger partial charge is 0.361 e. The monoisotopic (exact) mass is 494 g/mol. The van der Waals surface area contributed by atoms with Gasteiger partial charge < -0.3 is 4.74 Å². The van der Waals surface area contributed by atoms with Gasteiger partial charge in [0, 0.05) is 5.56 Å². The van der Waals surface area contributed by atoms with Crippen LogP contribution in [-0.4, -0.2) is 6.61 Å². The summed E-state index contributed by atoms with van der Waals surface area (Å²) in [6, 6.07) is 33.0. The Bertz CT molecular complexity index is 1100. The van der Waals surface area contributed by atoms with Crippen molar-refractivity contribution in [2.45, 2.75) is 26.2 Å². The molecular formula is C28H27ClO6. The summed E-state index contributed by atoms with van der Waals surface area (Å²) in [5.41, 5.74) is 4.40. The van der Waals surface area contributed by atoms with Crippen LogP contribution < -0.4 is 23.4 Å². The van der Waals surface area contributed by atoms with Crippen LogP contribution in [0.25, 0.3) is 33.8 Å². The van der Waals surface area contributed by atoms with Crippen LogP contribution in [0.15, 0.2) is 101 Å². The third-order valence-corrected chi connectivity index (χ3v) is 5.11. The molecule has 6 nitrogen and oxygen atoms in total. The zero-order chi connectivity index (χ0) is 25.1. The van der Waals surface area contributed by atoms with E-state index in [1.165, 1.54) is 18.4 Å². The van der Waals surface area contributed by atoms with E-state index in [1.54, 1.807) is 0 Å². The number of benzene rings is 3. The van der Waals surface area contributed by atoms with E-state index in [1.807, 2.05) is 36.4 Å². The molecule has 4 rings (SSSR count). The van der Waals surface area contributed by atoms with Crippen LogP contribution >= 0.6 is 0 Å². The molecule has 0 atom stereocenters. The molecule has 0 aliphatic heterocycles. The summed E-state index contributed by atoms with van der Waals surface area (Å²) in [7, 11) is -4.94. The van der Waals surface area contributed by atoms with Crippen LogP contribution in [0.1, 0.15) is 26.2 Å². The number of hydrogen-bond donors (Lipinski definition) is 0. The highest BCUT2D eigenvalue weighted by atomic mass is 35.7. The highest BCUT2D eigenvalue weighted by molar-refractivity contribution is 5.74. The summed E-state index contributed by atoms with van der Waals surface area (Å²) in [5.74, 6) is 2.59. The van der Waals surface area contributed by atoms with Crippen molar-refractivity contribution in [3.05, 3.63) is 97.1 Å². The van der Waals surface area contributed by atoms with Gasteiger partial charge in [-0.2, -0.15) is 0 Å². The van der Waals surface area contributed by atoms with Gasteiger partial charge in [-0.1, -0.05) is 68.3 Å². The number of hydrogen-bond acceptors (Lipinski definition) is 5. The molecule has 0 amide bonds. The van der Waals surface area contributed by atoms with Gasteiger partial charge in [-0.05, 0) is 48.4 Å². The van der Waals surface area contributed by atoms with Crippen molar-refractivity contribution in [3.63, 3.8) is 0 Å². The predicted octanol–water partition coefficient (Wildman–Crippen LogP) is 3.37. The Kier molecular flexibility index (Phi) is 9.78. The van der Waals surface area contributed by atoms with Gasteiger partial charge in [-0.15, -0.1) is 10.2 Å². The fraction of sp³-hybridized carbons (Fsp3) is 0.179. The summed E-state index contributed by atoms with van der Waals surface area (Å²) in [5, 5.41) is 0. The first-order valence-corrected chi connectivity index (χ1v) is 12.5. The second kappa shape index (κ2) is 13.0. The maximum atomic E-state index is 8.49. The van der Waals surface area contributed by atoms with Gasteiger partial charge in [-0.3, -0.25) is 0 Å². The molecule has 3 aromatic carbocycles. The molecule has 0 radical (unpaired) electrons. The Morgan fingerprint density at radius 1 is 0.629 bits per heavy atom. The Hall–Kier alpha value is -3.26. The zero-order valence-corrected chi connectivity index (χ0v) is 20.1. The molecule has 0 saturated heterocycles. The lowest BCUT2D eigenvalue weighted by Gasteiger charge is -2.17. The van der Waals surface area contributed by atoms with Crippen LogP contribution in [0.5, 0.6) is 5.75 Å². The van der Waals surface area contributed by atoms with Crippen molar-refractivity contribution in [1.29, 1.82) is 0 Å². The highest BCUT2D eigenvalue weighted by Crippen LogP contribution is 2.33. The highest BCUT2D eigenvalue weighted by Gasteiger charge is 2.20. The maximum Gasteiger partial charge on any atom is 0.361 e. The lowest BCUT2D eigenvalue weighted by Crippen LogP contribution is -2.68. The molecule has 0 N–H and O–H groups in total. The minimum absolute atomic E-state index is 0.763. The molecule has 0 unspecified atom stereocenters. The predicted molar refractivity (Wildman–Crippen MR) is 124 cm³/mol. The topological polar surface area (TPSA) is 113 Å². The SMILES string of the molecule is CCCCCOc1ccc(-c2cc(-c3ccccc3)cc(-c3ccccc3)[o+]2)cc1.[O-][Cl+3]([O-])([O-])[O-]. The number of rotatable bonds is 8. The molecule has 7 heteroatoms. The van der Waals surface area contributed by atoms with E-state index in [9.17, 15) is 0 Å². The van der Waals surface area contributed by atoms with Crippen LogP contribution in [0.4, 0.5) is 0 Å². The summed E-state index contributed by atoms with van der Waals surface area (Å²) < 4.78 is 46.2. The molecule has 1 aromatic heterocycles. The van der Waals surface area contributed by atoms with E-state index in [-0.39, 0.29) is 0 Å². The quantitative estimate of drug-likeness (QED) is 0.274. The van der Waals surface area contributed by atoms with Crippen LogP contribution in [0.3, 0.4) is 0 Å². The largest absolute Gasteiger partial charge is 0.494 e. The normalized spacial score (nSPS) is 10.9. The van der Waals surface area contributed by atoms with E-state index in [4.69, 9.17) is 27.8 Å². The summed E-state index contributed by atoms with van der Waals surface area (Å²) in [4.78, 5) is 0.